The lowest BCUT2D eigenvalue weighted by Crippen LogP contribution is -2.28. The van der Waals surface area contributed by atoms with E-state index in [4.69, 9.17) is 4.99 Å². The number of aliphatic imine (C=N–C) groups is 1. The maximum absolute atomic E-state index is 13.5. The van der Waals surface area contributed by atoms with Crippen molar-refractivity contribution < 1.29 is 9.59 Å². The van der Waals surface area contributed by atoms with E-state index >= 15 is 0 Å². The molecule has 1 aliphatic carbocycles. The molecule has 0 saturated heterocycles. The lowest BCUT2D eigenvalue weighted by atomic mass is 9.79. The van der Waals surface area contributed by atoms with Gasteiger partial charge in [-0.1, -0.05) is 48.2 Å². The number of amides is 1. The van der Waals surface area contributed by atoms with Crippen LogP contribution in [0.25, 0.3) is 5.70 Å². The summed E-state index contributed by atoms with van der Waals surface area (Å²) in [7, 11) is 0. The van der Waals surface area contributed by atoms with E-state index in [1.54, 1.807) is 42.1 Å². The molecule has 1 spiro atoms. The number of carbonyl (C=O) groups excluding carboxylic acids is 2. The average Bonchev–Trinajstić information content (AvgIpc) is 3.45. The van der Waals surface area contributed by atoms with Gasteiger partial charge in [-0.25, -0.2) is 0 Å². The SMILES string of the molecule is Cc1ccccc1C(=O)Nc1ccc(C(=O)c2ccn3c2CN=C2SC=CC24CC=CC=C34)cc1. The fraction of sp³-hybridized carbons (Fsp3) is 0.138. The summed E-state index contributed by atoms with van der Waals surface area (Å²) < 4.78 is 2.14. The van der Waals surface area contributed by atoms with Crippen LogP contribution in [0.4, 0.5) is 5.69 Å². The Morgan fingerprint density at radius 3 is 2.71 bits per heavy atom. The summed E-state index contributed by atoms with van der Waals surface area (Å²) in [6, 6.07) is 16.4. The number of nitrogens with zero attached hydrogens (tertiary/aromatic N) is 2. The fourth-order valence-corrected chi connectivity index (χ4v) is 6.01. The molecule has 2 aromatic carbocycles. The van der Waals surface area contributed by atoms with Crippen LogP contribution in [0.15, 0.2) is 95.5 Å². The number of allylic oxidation sites excluding steroid dienone is 5. The Hall–Kier alpha value is -3.90. The number of benzene rings is 2. The Kier molecular flexibility index (Phi) is 5.19. The van der Waals surface area contributed by atoms with E-state index in [-0.39, 0.29) is 17.1 Å². The van der Waals surface area contributed by atoms with Crippen LogP contribution in [0.2, 0.25) is 0 Å². The Morgan fingerprint density at radius 2 is 1.89 bits per heavy atom. The zero-order valence-electron chi connectivity index (χ0n) is 19.2. The van der Waals surface area contributed by atoms with Gasteiger partial charge in [0.2, 0.25) is 0 Å². The predicted octanol–water partition coefficient (Wildman–Crippen LogP) is 6.24. The molecule has 6 heteroatoms. The van der Waals surface area contributed by atoms with Crippen LogP contribution in [0.5, 0.6) is 0 Å². The van der Waals surface area contributed by atoms with Crippen LogP contribution in [0.1, 0.15) is 44.0 Å². The van der Waals surface area contributed by atoms with Crippen LogP contribution in [-0.4, -0.2) is 21.3 Å². The molecule has 5 nitrogen and oxygen atoms in total. The van der Waals surface area contributed by atoms with Gasteiger partial charge >= 0.3 is 0 Å². The smallest absolute Gasteiger partial charge is 0.255 e. The quantitative estimate of drug-likeness (QED) is 0.453. The fourth-order valence-electron chi connectivity index (χ4n) is 4.97. The van der Waals surface area contributed by atoms with E-state index in [1.807, 2.05) is 37.4 Å². The van der Waals surface area contributed by atoms with Crippen molar-refractivity contribution in [2.75, 3.05) is 5.32 Å². The third-order valence-electron chi connectivity index (χ3n) is 6.86. The van der Waals surface area contributed by atoms with Crippen molar-refractivity contribution in [3.8, 4) is 0 Å². The molecule has 0 radical (unpaired) electrons. The first-order valence-corrected chi connectivity index (χ1v) is 12.4. The minimum Gasteiger partial charge on any atom is -0.322 e. The second kappa shape index (κ2) is 8.40. The maximum Gasteiger partial charge on any atom is 0.255 e. The first-order chi connectivity index (χ1) is 17.1. The first-order valence-electron chi connectivity index (χ1n) is 11.6. The molecule has 3 aromatic rings. The second-order valence-corrected chi connectivity index (χ2v) is 9.81. The van der Waals surface area contributed by atoms with E-state index in [1.165, 1.54) is 0 Å². The van der Waals surface area contributed by atoms with E-state index in [0.29, 0.717) is 28.9 Å². The molecular formula is C29H23N3O2S. The largest absolute Gasteiger partial charge is 0.322 e. The van der Waals surface area contributed by atoms with Crippen molar-refractivity contribution >= 4 is 39.9 Å². The second-order valence-electron chi connectivity index (χ2n) is 8.92. The van der Waals surface area contributed by atoms with Gasteiger partial charge in [0.15, 0.2) is 5.78 Å². The third-order valence-corrected chi connectivity index (χ3v) is 7.85. The van der Waals surface area contributed by atoms with Crippen molar-refractivity contribution in [3.05, 3.63) is 118 Å². The molecule has 0 bridgehead atoms. The number of carbonyl (C=O) groups is 2. The van der Waals surface area contributed by atoms with Gasteiger partial charge in [0.1, 0.15) is 0 Å². The van der Waals surface area contributed by atoms with E-state index < -0.39 is 0 Å². The van der Waals surface area contributed by atoms with E-state index in [0.717, 1.165) is 28.4 Å². The molecule has 35 heavy (non-hydrogen) atoms. The van der Waals surface area contributed by atoms with Gasteiger partial charge in [-0.3, -0.25) is 14.6 Å². The zero-order chi connectivity index (χ0) is 24.0. The predicted molar refractivity (Wildman–Crippen MR) is 142 cm³/mol. The Labute approximate surface area is 208 Å². The van der Waals surface area contributed by atoms with Crippen molar-refractivity contribution in [2.45, 2.75) is 19.9 Å². The average molecular weight is 478 g/mol. The standard InChI is InChI=1S/C29H23N3O2S/c1-19-6-2-3-7-22(19)27(34)31-21-11-9-20(10-12-21)26(33)23-13-16-32-24(23)18-30-28-29(15-17-35-28)14-5-4-8-25(29)32/h2-13,15-17H,14,18H2,1H3,(H,31,34). The number of hydrogen-bond donors (Lipinski definition) is 1. The van der Waals surface area contributed by atoms with Crippen molar-refractivity contribution in [3.63, 3.8) is 0 Å². The van der Waals surface area contributed by atoms with Gasteiger partial charge < -0.3 is 9.88 Å². The van der Waals surface area contributed by atoms with Crippen LogP contribution in [0, 0.1) is 12.3 Å². The summed E-state index contributed by atoms with van der Waals surface area (Å²) >= 11 is 1.67. The number of rotatable bonds is 4. The molecule has 0 fully saturated rings. The lowest BCUT2D eigenvalue weighted by molar-refractivity contribution is 0.102. The van der Waals surface area contributed by atoms with Crippen LogP contribution < -0.4 is 5.32 Å². The van der Waals surface area contributed by atoms with Crippen LogP contribution in [-0.2, 0) is 6.54 Å². The molecule has 1 unspecified atom stereocenters. The molecule has 6 rings (SSSR count). The minimum absolute atomic E-state index is 0.0491. The molecule has 3 heterocycles. The normalized spacial score (nSPS) is 19.7. The Balaban J connectivity index is 1.27. The maximum atomic E-state index is 13.5. The van der Waals surface area contributed by atoms with Gasteiger partial charge in [0.05, 0.1) is 22.7 Å². The number of hydrogen-bond acceptors (Lipinski definition) is 4. The Bertz CT molecular complexity index is 1490. The summed E-state index contributed by atoms with van der Waals surface area (Å²) in [5.41, 5.74) is 5.24. The molecule has 1 amide bonds. The number of thioether (sulfide) groups is 1. The highest BCUT2D eigenvalue weighted by atomic mass is 32.2. The number of anilines is 1. The number of aromatic nitrogens is 1. The van der Waals surface area contributed by atoms with E-state index in [2.05, 4.69) is 39.6 Å². The number of fused-ring (bicyclic) bond motifs is 2. The van der Waals surface area contributed by atoms with E-state index in [9.17, 15) is 9.59 Å². The lowest BCUT2D eigenvalue weighted by Gasteiger charge is -2.31. The summed E-state index contributed by atoms with van der Waals surface area (Å²) in [5.74, 6) is -0.216. The third kappa shape index (κ3) is 3.53. The number of ketones is 1. The summed E-state index contributed by atoms with van der Waals surface area (Å²) in [6.07, 6.45) is 11.5. The first kappa shape index (κ1) is 21.6. The van der Waals surface area contributed by atoms with Crippen molar-refractivity contribution in [1.29, 1.82) is 0 Å². The van der Waals surface area contributed by atoms with Gasteiger partial charge in [-0.15, -0.1) is 0 Å². The molecule has 3 aliphatic rings. The Morgan fingerprint density at radius 1 is 1.06 bits per heavy atom. The van der Waals surface area contributed by atoms with Crippen molar-refractivity contribution in [2.24, 2.45) is 10.4 Å². The summed E-state index contributed by atoms with van der Waals surface area (Å²) in [5, 5.41) is 6.12. The molecule has 0 saturated carbocycles. The molecule has 1 atom stereocenters. The highest BCUT2D eigenvalue weighted by Crippen LogP contribution is 2.50. The van der Waals surface area contributed by atoms with Crippen molar-refractivity contribution in [1.82, 2.24) is 4.57 Å². The van der Waals surface area contributed by atoms with Gasteiger partial charge in [0.25, 0.3) is 5.91 Å². The number of aryl methyl sites for hydroxylation is 1. The highest BCUT2D eigenvalue weighted by Gasteiger charge is 2.43. The zero-order valence-corrected chi connectivity index (χ0v) is 20.0. The molecule has 2 aliphatic heterocycles. The number of nitrogens with one attached hydrogen (secondary N) is 1. The molecule has 172 valence electrons. The topological polar surface area (TPSA) is 63.5 Å². The molecular weight excluding hydrogens is 454 g/mol. The van der Waals surface area contributed by atoms with Crippen LogP contribution in [0.3, 0.4) is 0 Å². The molecule has 1 aromatic heterocycles. The summed E-state index contributed by atoms with van der Waals surface area (Å²) in [4.78, 5) is 31.0. The van der Waals surface area contributed by atoms with Gasteiger partial charge in [-0.2, -0.15) is 0 Å². The minimum atomic E-state index is -0.235. The van der Waals surface area contributed by atoms with Gasteiger partial charge in [-0.05, 0) is 66.8 Å². The highest BCUT2D eigenvalue weighted by molar-refractivity contribution is 8.17. The van der Waals surface area contributed by atoms with Gasteiger partial charge in [0, 0.05) is 34.3 Å². The van der Waals surface area contributed by atoms with Crippen LogP contribution >= 0.6 is 11.8 Å². The summed E-state index contributed by atoms with van der Waals surface area (Å²) in [6.45, 7) is 2.37. The molecule has 1 N–H and O–H groups in total. The monoisotopic (exact) mass is 477 g/mol.